The number of furan rings is 1. The zero-order valence-electron chi connectivity index (χ0n) is 14.1. The number of fused-ring (bicyclic) bond motifs is 1. The summed E-state index contributed by atoms with van der Waals surface area (Å²) in [6.07, 6.45) is 3.66. The molecule has 0 radical (unpaired) electrons. The topological polar surface area (TPSA) is 45.4 Å². The lowest BCUT2D eigenvalue weighted by molar-refractivity contribution is 0.209. The van der Waals surface area contributed by atoms with Crippen LogP contribution in [0.15, 0.2) is 47.1 Å². The van der Waals surface area contributed by atoms with Crippen molar-refractivity contribution in [2.75, 3.05) is 31.1 Å². The molecule has 1 aromatic carbocycles. The first-order chi connectivity index (χ1) is 11.7. The highest BCUT2D eigenvalue weighted by atomic mass is 16.3. The van der Waals surface area contributed by atoms with E-state index in [1.165, 1.54) is 0 Å². The van der Waals surface area contributed by atoms with Crippen molar-refractivity contribution in [2.24, 2.45) is 0 Å². The van der Waals surface area contributed by atoms with Gasteiger partial charge in [-0.3, -0.25) is 4.90 Å². The second-order valence-electron chi connectivity index (χ2n) is 6.53. The van der Waals surface area contributed by atoms with Crippen LogP contribution >= 0.6 is 0 Å². The first-order valence-corrected chi connectivity index (χ1v) is 8.51. The smallest absolute Gasteiger partial charge is 0.155 e. The van der Waals surface area contributed by atoms with E-state index >= 15 is 0 Å². The SMILES string of the molecule is CC(C)N1CCN(c2cnc(-c3cc4ccccc4o3)cn2)CC1. The summed E-state index contributed by atoms with van der Waals surface area (Å²) in [6, 6.07) is 10.6. The van der Waals surface area contributed by atoms with Gasteiger partial charge in [0.25, 0.3) is 0 Å². The fourth-order valence-electron chi connectivity index (χ4n) is 3.19. The maximum atomic E-state index is 5.86. The van der Waals surface area contributed by atoms with Crippen molar-refractivity contribution >= 4 is 16.8 Å². The van der Waals surface area contributed by atoms with Crippen molar-refractivity contribution in [3.05, 3.63) is 42.7 Å². The predicted molar refractivity (Wildman–Crippen MR) is 96.2 cm³/mol. The molecular formula is C19H22N4O. The minimum atomic E-state index is 0.605. The van der Waals surface area contributed by atoms with Crippen LogP contribution in [0.3, 0.4) is 0 Å². The Kier molecular flexibility index (Phi) is 3.94. The third kappa shape index (κ3) is 2.87. The molecule has 3 heterocycles. The fourth-order valence-corrected chi connectivity index (χ4v) is 3.19. The van der Waals surface area contributed by atoms with Gasteiger partial charge >= 0.3 is 0 Å². The number of rotatable bonds is 3. The number of piperazine rings is 1. The van der Waals surface area contributed by atoms with E-state index in [9.17, 15) is 0 Å². The highest BCUT2D eigenvalue weighted by Crippen LogP contribution is 2.26. The van der Waals surface area contributed by atoms with E-state index in [2.05, 4.69) is 33.6 Å². The van der Waals surface area contributed by atoms with Crippen molar-refractivity contribution in [1.29, 1.82) is 0 Å². The standard InChI is InChI=1S/C19H22N4O/c1-14(2)22-7-9-23(10-8-22)19-13-20-16(12-21-19)18-11-15-5-3-4-6-17(15)24-18/h3-6,11-14H,7-10H2,1-2H3. The first kappa shape index (κ1) is 15.1. The molecule has 1 aliphatic heterocycles. The Morgan fingerprint density at radius 2 is 1.79 bits per heavy atom. The maximum Gasteiger partial charge on any atom is 0.155 e. The second-order valence-corrected chi connectivity index (χ2v) is 6.53. The van der Waals surface area contributed by atoms with E-state index < -0.39 is 0 Å². The number of para-hydroxylation sites is 1. The zero-order valence-corrected chi connectivity index (χ0v) is 14.1. The lowest BCUT2D eigenvalue weighted by Crippen LogP contribution is -2.49. The van der Waals surface area contributed by atoms with Crippen LogP contribution in [0.25, 0.3) is 22.4 Å². The van der Waals surface area contributed by atoms with Gasteiger partial charge in [0.1, 0.15) is 17.1 Å². The molecule has 0 bridgehead atoms. The van der Waals surface area contributed by atoms with Crippen LogP contribution in [0.2, 0.25) is 0 Å². The van der Waals surface area contributed by atoms with Gasteiger partial charge in [0.05, 0.1) is 12.4 Å². The molecule has 1 fully saturated rings. The summed E-state index contributed by atoms with van der Waals surface area (Å²) in [6.45, 7) is 8.64. The molecule has 124 valence electrons. The highest BCUT2D eigenvalue weighted by molar-refractivity contribution is 5.81. The van der Waals surface area contributed by atoms with Crippen LogP contribution in [0.4, 0.5) is 5.82 Å². The molecule has 0 N–H and O–H groups in total. The molecule has 0 spiro atoms. The summed E-state index contributed by atoms with van der Waals surface area (Å²) in [4.78, 5) is 14.0. The van der Waals surface area contributed by atoms with Gasteiger partial charge in [-0.1, -0.05) is 18.2 Å². The van der Waals surface area contributed by atoms with Crippen molar-refractivity contribution in [2.45, 2.75) is 19.9 Å². The molecule has 0 aliphatic carbocycles. The van der Waals surface area contributed by atoms with Gasteiger partial charge in [-0.15, -0.1) is 0 Å². The summed E-state index contributed by atoms with van der Waals surface area (Å²) in [7, 11) is 0. The van der Waals surface area contributed by atoms with E-state index in [1.807, 2.05) is 42.7 Å². The van der Waals surface area contributed by atoms with Gasteiger partial charge in [0.2, 0.25) is 0 Å². The van der Waals surface area contributed by atoms with Crippen molar-refractivity contribution in [3.8, 4) is 11.5 Å². The molecule has 2 aromatic heterocycles. The van der Waals surface area contributed by atoms with Gasteiger partial charge in [0, 0.05) is 37.6 Å². The average molecular weight is 322 g/mol. The largest absolute Gasteiger partial charge is 0.454 e. The zero-order chi connectivity index (χ0) is 16.5. The van der Waals surface area contributed by atoms with Crippen LogP contribution in [-0.2, 0) is 0 Å². The average Bonchev–Trinajstić information content (AvgIpc) is 3.06. The van der Waals surface area contributed by atoms with Crippen LogP contribution < -0.4 is 4.90 Å². The number of benzene rings is 1. The molecule has 24 heavy (non-hydrogen) atoms. The normalized spacial score (nSPS) is 16.2. The molecule has 3 aromatic rings. The number of anilines is 1. The number of hydrogen-bond donors (Lipinski definition) is 0. The number of aromatic nitrogens is 2. The van der Waals surface area contributed by atoms with Gasteiger partial charge < -0.3 is 9.32 Å². The highest BCUT2D eigenvalue weighted by Gasteiger charge is 2.20. The van der Waals surface area contributed by atoms with Gasteiger partial charge in [-0.05, 0) is 26.0 Å². The van der Waals surface area contributed by atoms with Crippen LogP contribution in [0.5, 0.6) is 0 Å². The molecule has 5 nitrogen and oxygen atoms in total. The quantitative estimate of drug-likeness (QED) is 0.739. The Morgan fingerprint density at radius 1 is 1.00 bits per heavy atom. The van der Waals surface area contributed by atoms with Gasteiger partial charge in [0.15, 0.2) is 5.76 Å². The van der Waals surface area contributed by atoms with Crippen molar-refractivity contribution < 1.29 is 4.42 Å². The monoisotopic (exact) mass is 322 g/mol. The van der Waals surface area contributed by atoms with Crippen molar-refractivity contribution in [3.63, 3.8) is 0 Å². The first-order valence-electron chi connectivity index (χ1n) is 8.51. The molecule has 5 heteroatoms. The summed E-state index contributed by atoms with van der Waals surface area (Å²) in [5, 5.41) is 1.09. The molecule has 0 unspecified atom stereocenters. The Labute approximate surface area is 141 Å². The van der Waals surface area contributed by atoms with Crippen molar-refractivity contribution in [1.82, 2.24) is 14.9 Å². The van der Waals surface area contributed by atoms with E-state index in [-0.39, 0.29) is 0 Å². The predicted octanol–water partition coefficient (Wildman–Crippen LogP) is 3.42. The molecule has 0 amide bonds. The van der Waals surface area contributed by atoms with Gasteiger partial charge in [-0.2, -0.15) is 0 Å². The summed E-state index contributed by atoms with van der Waals surface area (Å²) in [5.41, 5.74) is 1.65. The molecule has 1 aliphatic rings. The van der Waals surface area contributed by atoms with E-state index in [1.54, 1.807) is 0 Å². The molecule has 0 saturated carbocycles. The van der Waals surface area contributed by atoms with E-state index in [0.717, 1.165) is 54.4 Å². The summed E-state index contributed by atoms with van der Waals surface area (Å²) >= 11 is 0. The van der Waals surface area contributed by atoms with Crippen LogP contribution in [0.1, 0.15) is 13.8 Å². The molecule has 0 atom stereocenters. The van der Waals surface area contributed by atoms with Crippen LogP contribution in [0, 0.1) is 0 Å². The Balaban J connectivity index is 1.51. The number of hydrogen-bond acceptors (Lipinski definition) is 5. The third-order valence-corrected chi connectivity index (χ3v) is 4.68. The summed E-state index contributed by atoms with van der Waals surface area (Å²) < 4.78 is 5.86. The molecular weight excluding hydrogens is 300 g/mol. The Hall–Kier alpha value is -2.40. The third-order valence-electron chi connectivity index (χ3n) is 4.68. The Morgan fingerprint density at radius 3 is 2.46 bits per heavy atom. The maximum absolute atomic E-state index is 5.86. The second kappa shape index (κ2) is 6.24. The number of nitrogens with zero attached hydrogens (tertiary/aromatic N) is 4. The van der Waals surface area contributed by atoms with Gasteiger partial charge in [-0.25, -0.2) is 9.97 Å². The molecule has 1 saturated heterocycles. The Bertz CT molecular complexity index is 784. The van der Waals surface area contributed by atoms with Crippen LogP contribution in [-0.4, -0.2) is 47.1 Å². The lowest BCUT2D eigenvalue weighted by atomic mass is 10.2. The minimum Gasteiger partial charge on any atom is -0.454 e. The van der Waals surface area contributed by atoms with E-state index in [0.29, 0.717) is 6.04 Å². The minimum absolute atomic E-state index is 0.605. The lowest BCUT2D eigenvalue weighted by Gasteiger charge is -2.37. The van der Waals surface area contributed by atoms with E-state index in [4.69, 9.17) is 4.42 Å². The fraction of sp³-hybridized carbons (Fsp3) is 0.368. The molecule has 4 rings (SSSR count). The summed E-state index contributed by atoms with van der Waals surface area (Å²) in [5.74, 6) is 1.71.